The lowest BCUT2D eigenvalue weighted by molar-refractivity contribution is 0.183. The molecule has 0 bridgehead atoms. The Bertz CT molecular complexity index is 68.6. The van der Waals surface area contributed by atoms with Crippen molar-refractivity contribution in [3.63, 3.8) is 0 Å². The van der Waals surface area contributed by atoms with E-state index in [0.29, 0.717) is 0 Å². The van der Waals surface area contributed by atoms with Crippen LogP contribution in [0.1, 0.15) is 0 Å². The number of hydrogen-bond acceptors (Lipinski definition) is 2. The Kier molecular flexibility index (Phi) is 3.39. The topological polar surface area (TPSA) is 40.5 Å². The van der Waals surface area contributed by atoms with Crippen LogP contribution in [-0.4, -0.2) is 23.4 Å². The Hall–Kier alpha value is -0.520. The van der Waals surface area contributed by atoms with Gasteiger partial charge in [0.25, 0.3) is 0 Å². The molecule has 0 aromatic heterocycles. The lowest BCUT2D eigenvalue weighted by Crippen LogP contribution is -2.06. The predicted molar refractivity (Wildman–Crippen MR) is 24.8 cm³/mol. The average Bonchev–Trinajstić information content (AvgIpc) is 1.72. The molecule has 0 fully saturated rings. The van der Waals surface area contributed by atoms with Crippen molar-refractivity contribution in [3.05, 3.63) is 6.42 Å². The van der Waals surface area contributed by atoms with Crippen LogP contribution in [0.2, 0.25) is 0 Å². The van der Waals surface area contributed by atoms with Crippen molar-refractivity contribution in [2.45, 2.75) is 0 Å². The number of aliphatic hydroxyl groups excluding tert-OH is 2. The lowest BCUT2D eigenvalue weighted by Gasteiger charge is -1.96. The van der Waals surface area contributed by atoms with Gasteiger partial charge in [0.05, 0.1) is 19.1 Å². The van der Waals surface area contributed by atoms with Crippen LogP contribution >= 0.6 is 0 Å². The molecule has 39 valence electrons. The van der Waals surface area contributed by atoms with Gasteiger partial charge in [-0.3, -0.25) is 0 Å². The zero-order valence-corrected chi connectivity index (χ0v) is 3.89. The van der Waals surface area contributed by atoms with Crippen LogP contribution in [0, 0.1) is 18.3 Å². The standard InChI is InChI=1S/C5H7O2/c1-2-5(3-6)4-7/h5-7H,3-4H2. The quantitative estimate of drug-likeness (QED) is 0.444. The summed E-state index contributed by atoms with van der Waals surface area (Å²) in [6, 6.07) is 0. The fourth-order valence-electron chi connectivity index (χ4n) is 0.149. The van der Waals surface area contributed by atoms with Crippen LogP contribution in [0.25, 0.3) is 0 Å². The highest BCUT2D eigenvalue weighted by molar-refractivity contribution is 4.85. The first-order valence-electron chi connectivity index (χ1n) is 1.99. The highest BCUT2D eigenvalue weighted by Gasteiger charge is 1.96. The third-order valence-corrected chi connectivity index (χ3v) is 0.645. The Morgan fingerprint density at radius 1 is 1.43 bits per heavy atom. The third-order valence-electron chi connectivity index (χ3n) is 0.645. The Morgan fingerprint density at radius 2 is 1.86 bits per heavy atom. The molecular formula is C5H7O2. The van der Waals surface area contributed by atoms with Gasteiger partial charge in [0.2, 0.25) is 0 Å². The molecule has 7 heavy (non-hydrogen) atoms. The second kappa shape index (κ2) is 3.66. The van der Waals surface area contributed by atoms with Gasteiger partial charge in [0.15, 0.2) is 0 Å². The molecule has 0 amide bonds. The summed E-state index contributed by atoms with van der Waals surface area (Å²) in [6.07, 6.45) is 6.39. The van der Waals surface area contributed by atoms with Gasteiger partial charge in [0.1, 0.15) is 0 Å². The van der Waals surface area contributed by atoms with Gasteiger partial charge in [-0.15, -0.1) is 0 Å². The SMILES string of the molecule is [C]#CC(CO)CO. The smallest absolute Gasteiger partial charge is 0.0675 e. The monoisotopic (exact) mass is 99.0 g/mol. The molecular weight excluding hydrogens is 92.1 g/mol. The molecule has 2 N–H and O–H groups in total. The van der Waals surface area contributed by atoms with Gasteiger partial charge in [-0.2, -0.15) is 0 Å². The Labute approximate surface area is 42.8 Å². The normalized spacial score (nSPS) is 8.86. The molecule has 0 saturated heterocycles. The first-order chi connectivity index (χ1) is 3.35. The Morgan fingerprint density at radius 3 is 1.86 bits per heavy atom. The predicted octanol–water partition coefficient (Wildman–Crippen LogP) is -0.823. The van der Waals surface area contributed by atoms with Crippen LogP contribution in [0.4, 0.5) is 0 Å². The largest absolute Gasteiger partial charge is 0.395 e. The van der Waals surface area contributed by atoms with Gasteiger partial charge in [-0.1, -0.05) is 5.92 Å². The van der Waals surface area contributed by atoms with E-state index in [1.165, 1.54) is 0 Å². The molecule has 0 aliphatic rings. The van der Waals surface area contributed by atoms with Gasteiger partial charge >= 0.3 is 0 Å². The molecule has 0 spiro atoms. The van der Waals surface area contributed by atoms with Crippen LogP contribution in [0.3, 0.4) is 0 Å². The molecule has 2 nitrogen and oxygen atoms in total. The molecule has 2 heteroatoms. The second-order valence-electron chi connectivity index (χ2n) is 1.21. The molecule has 0 aromatic rings. The first kappa shape index (κ1) is 6.48. The highest BCUT2D eigenvalue weighted by atomic mass is 16.3. The highest BCUT2D eigenvalue weighted by Crippen LogP contribution is 1.86. The van der Waals surface area contributed by atoms with Crippen molar-refractivity contribution >= 4 is 0 Å². The van der Waals surface area contributed by atoms with E-state index >= 15 is 0 Å². The zero-order chi connectivity index (χ0) is 5.70. The third kappa shape index (κ3) is 2.21. The summed E-state index contributed by atoms with van der Waals surface area (Å²) in [5.74, 6) is 1.47. The van der Waals surface area contributed by atoms with E-state index in [1.54, 1.807) is 0 Å². The molecule has 0 rings (SSSR count). The molecule has 0 heterocycles. The minimum absolute atomic E-state index is 0.194. The fraction of sp³-hybridized carbons (Fsp3) is 0.600. The zero-order valence-electron chi connectivity index (χ0n) is 3.89. The summed E-state index contributed by atoms with van der Waals surface area (Å²) in [4.78, 5) is 0. The van der Waals surface area contributed by atoms with Crippen molar-refractivity contribution in [2.24, 2.45) is 5.92 Å². The molecule has 1 radical (unpaired) electrons. The summed E-state index contributed by atoms with van der Waals surface area (Å²) in [5.41, 5.74) is 0. The van der Waals surface area contributed by atoms with Crippen LogP contribution in [0.5, 0.6) is 0 Å². The second-order valence-corrected chi connectivity index (χ2v) is 1.21. The van der Waals surface area contributed by atoms with Gasteiger partial charge in [-0.25, -0.2) is 0 Å². The summed E-state index contributed by atoms with van der Waals surface area (Å²) in [7, 11) is 0. The van der Waals surface area contributed by atoms with E-state index in [-0.39, 0.29) is 13.2 Å². The molecule has 0 aromatic carbocycles. The van der Waals surface area contributed by atoms with E-state index < -0.39 is 5.92 Å². The van der Waals surface area contributed by atoms with Crippen molar-refractivity contribution < 1.29 is 10.2 Å². The minimum Gasteiger partial charge on any atom is -0.395 e. The van der Waals surface area contributed by atoms with Crippen LogP contribution < -0.4 is 0 Å². The van der Waals surface area contributed by atoms with E-state index in [2.05, 4.69) is 0 Å². The molecule has 0 unspecified atom stereocenters. The van der Waals surface area contributed by atoms with Crippen molar-refractivity contribution in [3.8, 4) is 5.92 Å². The first-order valence-corrected chi connectivity index (χ1v) is 1.99. The lowest BCUT2D eigenvalue weighted by atomic mass is 10.2. The summed E-state index contributed by atoms with van der Waals surface area (Å²) >= 11 is 0. The maximum absolute atomic E-state index is 8.18. The summed E-state index contributed by atoms with van der Waals surface area (Å²) in [6.45, 7) is -0.389. The van der Waals surface area contributed by atoms with Crippen molar-refractivity contribution in [1.29, 1.82) is 0 Å². The summed E-state index contributed by atoms with van der Waals surface area (Å²) in [5, 5.41) is 16.4. The van der Waals surface area contributed by atoms with Crippen molar-refractivity contribution in [2.75, 3.05) is 13.2 Å². The van der Waals surface area contributed by atoms with E-state index in [1.807, 2.05) is 5.92 Å². The Balaban J connectivity index is 3.23. The van der Waals surface area contributed by atoms with Gasteiger partial charge in [-0.05, 0) is 6.42 Å². The van der Waals surface area contributed by atoms with Crippen LogP contribution in [-0.2, 0) is 0 Å². The van der Waals surface area contributed by atoms with Crippen molar-refractivity contribution in [1.82, 2.24) is 0 Å². The molecule has 0 saturated carbocycles. The molecule has 0 aliphatic heterocycles. The average molecular weight is 99.1 g/mol. The number of hydrogen-bond donors (Lipinski definition) is 2. The fourth-order valence-corrected chi connectivity index (χ4v) is 0.149. The molecule has 0 atom stereocenters. The minimum atomic E-state index is -0.486. The van der Waals surface area contributed by atoms with Gasteiger partial charge < -0.3 is 10.2 Å². The maximum Gasteiger partial charge on any atom is 0.0675 e. The van der Waals surface area contributed by atoms with E-state index in [9.17, 15) is 0 Å². The summed E-state index contributed by atoms with van der Waals surface area (Å²) < 4.78 is 0. The van der Waals surface area contributed by atoms with E-state index in [0.717, 1.165) is 0 Å². The number of aliphatic hydroxyl groups is 2. The number of rotatable bonds is 2. The maximum atomic E-state index is 8.18. The van der Waals surface area contributed by atoms with Gasteiger partial charge in [0, 0.05) is 0 Å². The molecule has 0 aliphatic carbocycles. The van der Waals surface area contributed by atoms with E-state index in [4.69, 9.17) is 16.6 Å². The van der Waals surface area contributed by atoms with Crippen LogP contribution in [0.15, 0.2) is 0 Å².